The number of nitrogens with zero attached hydrogens (tertiary/aromatic N) is 1. The summed E-state index contributed by atoms with van der Waals surface area (Å²) >= 11 is 5.74. The van der Waals surface area contributed by atoms with Crippen LogP contribution in [0.5, 0.6) is 0 Å². The maximum Gasteiger partial charge on any atom is 0.339 e. The Kier molecular flexibility index (Phi) is 2.13. The Hall–Kier alpha value is -1.55. The normalized spacial score (nSPS) is 10.4. The van der Waals surface area contributed by atoms with Crippen molar-refractivity contribution in [3.05, 3.63) is 29.0 Å². The minimum Gasteiger partial charge on any atom is -0.465 e. The zero-order chi connectivity index (χ0) is 10.1. The second kappa shape index (κ2) is 3.31. The summed E-state index contributed by atoms with van der Waals surface area (Å²) in [5.74, 6) is -0.406. The summed E-state index contributed by atoms with van der Waals surface area (Å²) in [6, 6.07) is 3.38. The van der Waals surface area contributed by atoms with E-state index in [0.29, 0.717) is 16.4 Å². The van der Waals surface area contributed by atoms with E-state index in [1.54, 1.807) is 12.1 Å². The third-order valence-electron chi connectivity index (χ3n) is 1.86. The molecule has 4 nitrogen and oxygen atoms in total. The molecule has 0 radical (unpaired) electrons. The van der Waals surface area contributed by atoms with E-state index in [1.165, 1.54) is 13.3 Å². The van der Waals surface area contributed by atoms with Crippen LogP contribution in [0.15, 0.2) is 18.3 Å². The number of ether oxygens (including phenoxy) is 1. The molecule has 0 aliphatic carbocycles. The number of carbonyl (C=O) groups is 1. The molecule has 2 aromatic rings. The molecule has 5 heteroatoms. The third-order valence-corrected chi connectivity index (χ3v) is 2.06. The van der Waals surface area contributed by atoms with E-state index in [1.807, 2.05) is 0 Å². The van der Waals surface area contributed by atoms with Gasteiger partial charge in [0.1, 0.15) is 10.8 Å². The van der Waals surface area contributed by atoms with Gasteiger partial charge < -0.3 is 9.72 Å². The van der Waals surface area contributed by atoms with Gasteiger partial charge in [0, 0.05) is 11.6 Å². The van der Waals surface area contributed by atoms with Crippen molar-refractivity contribution in [3.8, 4) is 0 Å². The Morgan fingerprint density at radius 3 is 3.07 bits per heavy atom. The SMILES string of the molecule is COC(=O)c1cnc2[nH]c(Cl)cc2c1. The summed E-state index contributed by atoms with van der Waals surface area (Å²) in [5, 5.41) is 1.28. The standard InChI is InChI=1S/C9H7ClN2O2/c1-14-9(13)6-2-5-3-7(10)12-8(5)11-4-6/h2-4H,1H3,(H,11,12). The lowest BCUT2D eigenvalue weighted by atomic mass is 10.2. The van der Waals surface area contributed by atoms with Gasteiger partial charge in [-0.3, -0.25) is 0 Å². The van der Waals surface area contributed by atoms with Crippen molar-refractivity contribution in [2.45, 2.75) is 0 Å². The van der Waals surface area contributed by atoms with E-state index in [4.69, 9.17) is 11.6 Å². The van der Waals surface area contributed by atoms with E-state index in [0.717, 1.165) is 5.39 Å². The number of H-pyrrole nitrogens is 1. The summed E-state index contributed by atoms with van der Waals surface area (Å²) in [5.41, 5.74) is 1.07. The average Bonchev–Trinajstić information content (AvgIpc) is 2.55. The quantitative estimate of drug-likeness (QED) is 0.733. The molecule has 0 aliphatic heterocycles. The molecule has 0 atom stereocenters. The first kappa shape index (κ1) is 9.02. The molecule has 0 amide bonds. The fraction of sp³-hybridized carbons (Fsp3) is 0.111. The Bertz CT molecular complexity index is 493. The van der Waals surface area contributed by atoms with E-state index in [9.17, 15) is 4.79 Å². The molecule has 0 saturated carbocycles. The van der Waals surface area contributed by atoms with Gasteiger partial charge in [0.15, 0.2) is 0 Å². The highest BCUT2D eigenvalue weighted by Gasteiger charge is 2.07. The topological polar surface area (TPSA) is 55.0 Å². The molecule has 0 fully saturated rings. The number of aromatic nitrogens is 2. The van der Waals surface area contributed by atoms with Crippen LogP contribution in [0.4, 0.5) is 0 Å². The van der Waals surface area contributed by atoms with Gasteiger partial charge in [0.2, 0.25) is 0 Å². The van der Waals surface area contributed by atoms with Crippen LogP contribution < -0.4 is 0 Å². The summed E-state index contributed by atoms with van der Waals surface area (Å²) in [7, 11) is 1.33. The Labute approximate surface area is 84.9 Å². The highest BCUT2D eigenvalue weighted by molar-refractivity contribution is 6.30. The minimum atomic E-state index is -0.406. The van der Waals surface area contributed by atoms with Gasteiger partial charge in [-0.05, 0) is 12.1 Å². The van der Waals surface area contributed by atoms with Crippen LogP contribution >= 0.6 is 11.6 Å². The van der Waals surface area contributed by atoms with Crippen LogP contribution in [-0.2, 0) is 4.74 Å². The lowest BCUT2D eigenvalue weighted by Crippen LogP contribution is -2.01. The molecular formula is C9H7ClN2O2. The molecule has 72 valence electrons. The van der Waals surface area contributed by atoms with Crippen molar-refractivity contribution in [3.63, 3.8) is 0 Å². The minimum absolute atomic E-state index is 0.406. The zero-order valence-corrected chi connectivity index (χ0v) is 8.13. The van der Waals surface area contributed by atoms with E-state index >= 15 is 0 Å². The Balaban J connectivity index is 2.55. The van der Waals surface area contributed by atoms with Gasteiger partial charge in [-0.25, -0.2) is 9.78 Å². The highest BCUT2D eigenvalue weighted by atomic mass is 35.5. The smallest absolute Gasteiger partial charge is 0.339 e. The van der Waals surface area contributed by atoms with Gasteiger partial charge in [0.25, 0.3) is 0 Å². The van der Waals surface area contributed by atoms with Crippen molar-refractivity contribution in [2.75, 3.05) is 7.11 Å². The molecule has 2 heterocycles. The number of halogens is 1. The summed E-state index contributed by atoms with van der Waals surface area (Å²) in [4.78, 5) is 18.0. The second-order valence-corrected chi connectivity index (χ2v) is 3.18. The number of esters is 1. The summed E-state index contributed by atoms with van der Waals surface area (Å²) < 4.78 is 4.57. The molecule has 0 spiro atoms. The highest BCUT2D eigenvalue weighted by Crippen LogP contribution is 2.17. The van der Waals surface area contributed by atoms with Crippen LogP contribution in [0.1, 0.15) is 10.4 Å². The van der Waals surface area contributed by atoms with Crippen LogP contribution in [0, 0.1) is 0 Å². The Morgan fingerprint density at radius 1 is 1.57 bits per heavy atom. The van der Waals surface area contributed by atoms with E-state index in [-0.39, 0.29) is 0 Å². The molecule has 0 saturated heterocycles. The number of rotatable bonds is 1. The van der Waals surface area contributed by atoms with Crippen molar-refractivity contribution >= 4 is 28.6 Å². The van der Waals surface area contributed by atoms with Gasteiger partial charge in [0.05, 0.1) is 12.7 Å². The van der Waals surface area contributed by atoms with Gasteiger partial charge in [-0.15, -0.1) is 0 Å². The number of hydrogen-bond donors (Lipinski definition) is 1. The van der Waals surface area contributed by atoms with Crippen molar-refractivity contribution in [1.82, 2.24) is 9.97 Å². The lowest BCUT2D eigenvalue weighted by molar-refractivity contribution is 0.0600. The fourth-order valence-corrected chi connectivity index (χ4v) is 1.42. The molecule has 0 aliphatic rings. The molecule has 0 aromatic carbocycles. The van der Waals surface area contributed by atoms with Crippen LogP contribution in [0.3, 0.4) is 0 Å². The summed E-state index contributed by atoms with van der Waals surface area (Å²) in [6.45, 7) is 0. The number of aromatic amines is 1. The van der Waals surface area contributed by atoms with E-state index < -0.39 is 5.97 Å². The van der Waals surface area contributed by atoms with Gasteiger partial charge in [-0.1, -0.05) is 11.6 Å². The number of fused-ring (bicyclic) bond motifs is 1. The number of nitrogens with one attached hydrogen (secondary N) is 1. The maximum atomic E-state index is 11.2. The van der Waals surface area contributed by atoms with Gasteiger partial charge in [-0.2, -0.15) is 0 Å². The summed E-state index contributed by atoms with van der Waals surface area (Å²) in [6.07, 6.45) is 1.45. The number of hydrogen-bond acceptors (Lipinski definition) is 3. The van der Waals surface area contributed by atoms with Crippen LogP contribution in [0.25, 0.3) is 11.0 Å². The maximum absolute atomic E-state index is 11.2. The zero-order valence-electron chi connectivity index (χ0n) is 7.37. The first-order valence-electron chi connectivity index (χ1n) is 3.93. The van der Waals surface area contributed by atoms with Crippen LogP contribution in [0.2, 0.25) is 5.15 Å². The first-order valence-corrected chi connectivity index (χ1v) is 4.31. The largest absolute Gasteiger partial charge is 0.465 e. The van der Waals surface area contributed by atoms with E-state index in [2.05, 4.69) is 14.7 Å². The molecule has 2 aromatic heterocycles. The molecule has 0 bridgehead atoms. The molecule has 14 heavy (non-hydrogen) atoms. The monoisotopic (exact) mass is 210 g/mol. The second-order valence-electron chi connectivity index (χ2n) is 2.77. The molecular weight excluding hydrogens is 204 g/mol. The number of methoxy groups -OCH3 is 1. The van der Waals surface area contributed by atoms with Crippen molar-refractivity contribution in [1.29, 1.82) is 0 Å². The molecule has 1 N–H and O–H groups in total. The number of pyridine rings is 1. The predicted octanol–water partition coefficient (Wildman–Crippen LogP) is 2.00. The molecule has 0 unspecified atom stereocenters. The van der Waals surface area contributed by atoms with Crippen molar-refractivity contribution in [2.24, 2.45) is 0 Å². The van der Waals surface area contributed by atoms with Gasteiger partial charge >= 0.3 is 5.97 Å². The van der Waals surface area contributed by atoms with Crippen molar-refractivity contribution < 1.29 is 9.53 Å². The Morgan fingerprint density at radius 2 is 2.36 bits per heavy atom. The first-order chi connectivity index (χ1) is 6.70. The third kappa shape index (κ3) is 1.44. The van der Waals surface area contributed by atoms with Crippen LogP contribution in [-0.4, -0.2) is 23.0 Å². The lowest BCUT2D eigenvalue weighted by Gasteiger charge is -1.97. The molecule has 2 rings (SSSR count). The number of carbonyl (C=O) groups excluding carboxylic acids is 1. The fourth-order valence-electron chi connectivity index (χ4n) is 1.21. The average molecular weight is 211 g/mol. The predicted molar refractivity (Wildman–Crippen MR) is 52.4 cm³/mol.